The molecule has 5 rings (SSSR count). The third-order valence-electron chi connectivity index (χ3n) is 5.62. The number of anilines is 3. The molecule has 3 aromatic rings. The Balaban J connectivity index is 1.19. The van der Waals surface area contributed by atoms with Gasteiger partial charge in [0, 0.05) is 35.6 Å². The number of carbonyl (C=O) groups is 1. The van der Waals surface area contributed by atoms with E-state index in [-0.39, 0.29) is 29.6 Å². The van der Waals surface area contributed by atoms with E-state index in [1.54, 1.807) is 18.2 Å². The molecule has 32 heavy (non-hydrogen) atoms. The number of hydrogen-bond acceptors (Lipinski definition) is 5. The van der Waals surface area contributed by atoms with Crippen LogP contribution in [0.15, 0.2) is 82.7 Å². The van der Waals surface area contributed by atoms with Gasteiger partial charge in [0.15, 0.2) is 0 Å². The van der Waals surface area contributed by atoms with Crippen molar-refractivity contribution in [3.8, 4) is 0 Å². The molecule has 0 aromatic heterocycles. The van der Waals surface area contributed by atoms with Gasteiger partial charge >= 0.3 is 0 Å². The number of fused-ring (bicyclic) bond motifs is 2. The summed E-state index contributed by atoms with van der Waals surface area (Å²) in [5.41, 5.74) is 4.91. The first kappa shape index (κ1) is 20.3. The van der Waals surface area contributed by atoms with E-state index in [2.05, 4.69) is 38.1 Å². The number of sulfonamides is 1. The number of amidine groups is 1. The molecular weight excluding hydrogens is 424 g/mol. The van der Waals surface area contributed by atoms with E-state index in [1.165, 1.54) is 17.3 Å². The Morgan fingerprint density at radius 3 is 2.59 bits per heavy atom. The van der Waals surface area contributed by atoms with E-state index < -0.39 is 10.0 Å². The van der Waals surface area contributed by atoms with Crippen LogP contribution in [0.25, 0.3) is 0 Å². The molecule has 2 heterocycles. The maximum Gasteiger partial charge on any atom is 0.263 e. The molecule has 7 nitrogen and oxygen atoms in total. The minimum absolute atomic E-state index is 0.147. The summed E-state index contributed by atoms with van der Waals surface area (Å²) in [5.74, 6) is 0.103. The zero-order valence-electron chi connectivity index (χ0n) is 17.3. The van der Waals surface area contributed by atoms with Crippen LogP contribution in [0.4, 0.5) is 17.1 Å². The first-order valence-electron chi connectivity index (χ1n) is 10.4. The summed E-state index contributed by atoms with van der Waals surface area (Å²) in [6, 6.07) is 22.8. The predicted molar refractivity (Wildman–Crippen MR) is 125 cm³/mol. The van der Waals surface area contributed by atoms with Crippen molar-refractivity contribution in [1.82, 2.24) is 4.72 Å². The largest absolute Gasteiger partial charge is 0.341 e. The molecule has 0 saturated heterocycles. The Labute approximate surface area is 186 Å². The first-order chi connectivity index (χ1) is 15.5. The number of benzene rings is 3. The molecule has 0 fully saturated rings. The fourth-order valence-corrected chi connectivity index (χ4v) is 5.33. The molecule has 2 aliphatic heterocycles. The van der Waals surface area contributed by atoms with Crippen molar-refractivity contribution in [2.75, 3.05) is 23.3 Å². The van der Waals surface area contributed by atoms with Crippen LogP contribution in [0.5, 0.6) is 0 Å². The predicted octanol–water partition coefficient (Wildman–Crippen LogP) is 3.45. The van der Waals surface area contributed by atoms with Gasteiger partial charge in [0.05, 0.1) is 11.4 Å². The van der Waals surface area contributed by atoms with E-state index in [9.17, 15) is 13.2 Å². The van der Waals surface area contributed by atoms with Crippen LogP contribution in [-0.4, -0.2) is 33.3 Å². The molecule has 0 atom stereocenters. The molecule has 162 valence electrons. The van der Waals surface area contributed by atoms with Crippen LogP contribution in [0.1, 0.15) is 17.5 Å². The van der Waals surface area contributed by atoms with Crippen LogP contribution in [-0.2, 0) is 21.2 Å². The highest BCUT2D eigenvalue weighted by molar-refractivity contribution is 7.90. The van der Waals surface area contributed by atoms with Gasteiger partial charge in [-0.1, -0.05) is 30.3 Å². The number of nitrogens with one attached hydrogen (secondary N) is 2. The van der Waals surface area contributed by atoms with Crippen molar-refractivity contribution in [2.45, 2.75) is 17.7 Å². The summed E-state index contributed by atoms with van der Waals surface area (Å²) in [6.45, 7) is 1.12. The Hall–Kier alpha value is -3.65. The fraction of sp³-hybridized carbons (Fsp3) is 0.167. The summed E-state index contributed by atoms with van der Waals surface area (Å²) >= 11 is 0. The van der Waals surface area contributed by atoms with E-state index in [0.29, 0.717) is 11.3 Å². The molecular formula is C24H22N4O3S. The van der Waals surface area contributed by atoms with Gasteiger partial charge in [-0.15, -0.1) is 0 Å². The summed E-state index contributed by atoms with van der Waals surface area (Å²) in [5, 5.41) is 2.87. The summed E-state index contributed by atoms with van der Waals surface area (Å²) < 4.78 is 26.7. The van der Waals surface area contributed by atoms with Gasteiger partial charge < -0.3 is 10.2 Å². The molecule has 0 unspecified atom stereocenters. The summed E-state index contributed by atoms with van der Waals surface area (Å²) in [6.07, 6.45) is 1.17. The molecule has 0 spiro atoms. The van der Waals surface area contributed by atoms with E-state index >= 15 is 0 Å². The lowest BCUT2D eigenvalue weighted by Crippen LogP contribution is -2.23. The maximum absolute atomic E-state index is 12.3. The zero-order valence-corrected chi connectivity index (χ0v) is 18.1. The van der Waals surface area contributed by atoms with Gasteiger partial charge in [-0.05, 0) is 54.4 Å². The highest BCUT2D eigenvalue weighted by Gasteiger charge is 2.30. The molecule has 0 bridgehead atoms. The molecule has 0 radical (unpaired) electrons. The highest BCUT2D eigenvalue weighted by atomic mass is 32.2. The van der Waals surface area contributed by atoms with Gasteiger partial charge in [0.2, 0.25) is 5.91 Å². The molecule has 2 aliphatic rings. The third kappa shape index (κ3) is 3.85. The number of rotatable bonds is 5. The second-order valence-electron chi connectivity index (χ2n) is 7.71. The van der Waals surface area contributed by atoms with Gasteiger partial charge in [-0.3, -0.25) is 14.5 Å². The van der Waals surface area contributed by atoms with Crippen molar-refractivity contribution in [2.24, 2.45) is 4.99 Å². The SMILES string of the molecule is O=C(CCN=C1NS(=O)(=O)c2ccccc21)Nc1ccc(N2CCc3ccccc32)cc1. The maximum atomic E-state index is 12.3. The van der Waals surface area contributed by atoms with Gasteiger partial charge in [0.1, 0.15) is 5.84 Å². The molecule has 3 aromatic carbocycles. The number of hydrogen-bond donors (Lipinski definition) is 2. The summed E-state index contributed by atoms with van der Waals surface area (Å²) in [7, 11) is -3.57. The Kier molecular flexibility index (Phi) is 5.14. The molecule has 0 aliphatic carbocycles. The minimum atomic E-state index is -3.57. The molecule has 8 heteroatoms. The summed E-state index contributed by atoms with van der Waals surface area (Å²) in [4.78, 5) is 19.1. The minimum Gasteiger partial charge on any atom is -0.341 e. The van der Waals surface area contributed by atoms with Gasteiger partial charge in [-0.2, -0.15) is 0 Å². The lowest BCUT2D eigenvalue weighted by Gasteiger charge is -2.20. The lowest BCUT2D eigenvalue weighted by molar-refractivity contribution is -0.116. The number of carbonyl (C=O) groups excluding carboxylic acids is 1. The number of para-hydroxylation sites is 1. The van der Waals surface area contributed by atoms with E-state index in [4.69, 9.17) is 0 Å². The molecule has 1 amide bonds. The Bertz CT molecular complexity index is 1320. The number of amides is 1. The molecule has 2 N–H and O–H groups in total. The normalized spacial score (nSPS) is 17.0. The smallest absolute Gasteiger partial charge is 0.263 e. The highest BCUT2D eigenvalue weighted by Crippen LogP contribution is 2.34. The van der Waals surface area contributed by atoms with Crippen molar-refractivity contribution in [3.63, 3.8) is 0 Å². The van der Waals surface area contributed by atoms with Crippen molar-refractivity contribution in [1.29, 1.82) is 0 Å². The van der Waals surface area contributed by atoms with Crippen molar-refractivity contribution in [3.05, 3.63) is 83.9 Å². The number of nitrogens with zero attached hydrogens (tertiary/aromatic N) is 2. The molecule has 0 saturated carbocycles. The zero-order chi connectivity index (χ0) is 22.1. The first-order valence-corrected chi connectivity index (χ1v) is 11.9. The monoisotopic (exact) mass is 446 g/mol. The standard InChI is InChI=1S/C24H22N4O3S/c29-23(13-15-25-24-20-6-2-4-8-22(20)32(30,31)27-24)26-18-9-11-19(12-10-18)28-16-14-17-5-1-3-7-21(17)28/h1-12H,13-16H2,(H,25,27)(H,26,29). The van der Waals surface area contributed by atoms with Crippen LogP contribution in [0.2, 0.25) is 0 Å². The Morgan fingerprint density at radius 1 is 1.00 bits per heavy atom. The van der Waals surface area contributed by atoms with Gasteiger partial charge in [0.25, 0.3) is 10.0 Å². The average molecular weight is 447 g/mol. The van der Waals surface area contributed by atoms with Crippen LogP contribution < -0.4 is 14.9 Å². The van der Waals surface area contributed by atoms with Gasteiger partial charge in [-0.25, -0.2) is 8.42 Å². The fourth-order valence-electron chi connectivity index (χ4n) is 4.08. The van der Waals surface area contributed by atoms with E-state index in [1.807, 2.05) is 30.3 Å². The average Bonchev–Trinajstić information content (AvgIpc) is 3.33. The van der Waals surface area contributed by atoms with Crippen molar-refractivity contribution < 1.29 is 13.2 Å². The third-order valence-corrected chi connectivity index (χ3v) is 7.02. The van der Waals surface area contributed by atoms with E-state index in [0.717, 1.165) is 18.7 Å². The number of aliphatic imine (C=N–C) groups is 1. The lowest BCUT2D eigenvalue weighted by atomic mass is 10.2. The quantitative estimate of drug-likeness (QED) is 0.628. The second-order valence-corrected chi connectivity index (χ2v) is 9.36. The Morgan fingerprint density at radius 2 is 1.75 bits per heavy atom. The van der Waals surface area contributed by atoms with Crippen LogP contribution in [0, 0.1) is 0 Å². The van der Waals surface area contributed by atoms with Crippen LogP contribution in [0.3, 0.4) is 0 Å². The topological polar surface area (TPSA) is 90.9 Å². The van der Waals surface area contributed by atoms with Crippen LogP contribution >= 0.6 is 0 Å². The van der Waals surface area contributed by atoms with Crippen molar-refractivity contribution >= 4 is 38.8 Å². The second kappa shape index (κ2) is 8.12.